The lowest BCUT2D eigenvalue weighted by molar-refractivity contribution is -0.117. The van der Waals surface area contributed by atoms with E-state index in [2.05, 4.69) is 18.0 Å². The van der Waals surface area contributed by atoms with E-state index in [1.807, 2.05) is 47.4 Å². The minimum absolute atomic E-state index is 0.0261. The molecule has 2 aromatic carbocycles. The maximum absolute atomic E-state index is 13.2. The Labute approximate surface area is 157 Å². The average Bonchev–Trinajstić information content (AvgIpc) is 3.29. The Morgan fingerprint density at radius 2 is 1.85 bits per heavy atom. The molecule has 3 heterocycles. The minimum Gasteiger partial charge on any atom is -0.307 e. The van der Waals surface area contributed by atoms with Crippen LogP contribution in [0.5, 0.6) is 0 Å². The molecule has 0 spiro atoms. The van der Waals surface area contributed by atoms with Gasteiger partial charge in [-0.25, -0.2) is 4.79 Å². The fraction of sp³-hybridized carbons (Fsp3) is 0.286. The van der Waals surface area contributed by atoms with Crippen molar-refractivity contribution in [1.82, 2.24) is 4.90 Å². The van der Waals surface area contributed by atoms with E-state index >= 15 is 0 Å². The number of hydrogen-bond donors (Lipinski definition) is 0. The molecule has 0 saturated heterocycles. The molecule has 1 atom stereocenters. The van der Waals surface area contributed by atoms with Crippen LogP contribution in [0.3, 0.4) is 0 Å². The lowest BCUT2D eigenvalue weighted by Gasteiger charge is -2.36. The Morgan fingerprint density at radius 3 is 2.70 bits per heavy atom. The van der Waals surface area contributed by atoms with Gasteiger partial charge in [0, 0.05) is 23.8 Å². The number of aliphatic imine (C=N–C) groups is 1. The summed E-state index contributed by atoms with van der Waals surface area (Å²) in [5, 5.41) is 0. The number of benzene rings is 2. The number of amidine groups is 1. The van der Waals surface area contributed by atoms with Crippen molar-refractivity contribution in [3.05, 3.63) is 59.7 Å². The molecular weight excluding hydrogens is 340 g/mol. The van der Waals surface area contributed by atoms with Crippen LogP contribution in [0.2, 0.25) is 0 Å². The van der Waals surface area contributed by atoms with Crippen LogP contribution >= 0.6 is 0 Å². The summed E-state index contributed by atoms with van der Waals surface area (Å²) in [5.74, 6) is 0.661. The zero-order chi connectivity index (χ0) is 18.5. The summed E-state index contributed by atoms with van der Waals surface area (Å²) in [4.78, 5) is 35.8. The molecule has 5 rings (SSSR count). The van der Waals surface area contributed by atoms with Crippen LogP contribution in [-0.4, -0.2) is 48.3 Å². The highest BCUT2D eigenvalue weighted by molar-refractivity contribution is 6.21. The second-order valence-electron chi connectivity index (χ2n) is 7.19. The number of nitrogens with zero attached hydrogens (tertiary/aromatic N) is 4. The third kappa shape index (κ3) is 2.36. The third-order valence-corrected chi connectivity index (χ3v) is 5.51. The van der Waals surface area contributed by atoms with E-state index in [0.29, 0.717) is 13.1 Å². The summed E-state index contributed by atoms with van der Waals surface area (Å²) < 4.78 is 0. The fourth-order valence-corrected chi connectivity index (χ4v) is 4.32. The van der Waals surface area contributed by atoms with Gasteiger partial charge in [-0.2, -0.15) is 0 Å². The molecule has 6 heteroatoms. The van der Waals surface area contributed by atoms with Gasteiger partial charge in [-0.05, 0) is 37.1 Å². The zero-order valence-electron chi connectivity index (χ0n) is 15.1. The molecule has 0 aromatic heterocycles. The summed E-state index contributed by atoms with van der Waals surface area (Å²) in [6, 6.07) is 15.6. The first-order valence-corrected chi connectivity index (χ1v) is 9.28. The van der Waals surface area contributed by atoms with Gasteiger partial charge in [-0.1, -0.05) is 30.3 Å². The smallest absolute Gasteiger partial charge is 0.307 e. The molecule has 0 radical (unpaired) electrons. The molecule has 3 aliphatic heterocycles. The highest BCUT2D eigenvalue weighted by atomic mass is 16.2. The van der Waals surface area contributed by atoms with Gasteiger partial charge in [0.05, 0.1) is 12.2 Å². The van der Waals surface area contributed by atoms with Gasteiger partial charge in [-0.3, -0.25) is 19.6 Å². The Morgan fingerprint density at radius 1 is 1.11 bits per heavy atom. The van der Waals surface area contributed by atoms with Crippen LogP contribution in [0, 0.1) is 0 Å². The number of fused-ring (bicyclic) bond motifs is 4. The van der Waals surface area contributed by atoms with E-state index in [1.165, 1.54) is 5.56 Å². The van der Waals surface area contributed by atoms with E-state index in [1.54, 1.807) is 9.80 Å². The van der Waals surface area contributed by atoms with Gasteiger partial charge in [0.25, 0.3) is 0 Å². The van der Waals surface area contributed by atoms with Gasteiger partial charge in [0.15, 0.2) is 0 Å². The molecule has 1 unspecified atom stereocenters. The predicted molar refractivity (Wildman–Crippen MR) is 104 cm³/mol. The Balaban J connectivity index is 1.49. The molecule has 0 bridgehead atoms. The Bertz CT molecular complexity index is 984. The van der Waals surface area contributed by atoms with Gasteiger partial charge < -0.3 is 4.90 Å². The van der Waals surface area contributed by atoms with E-state index in [9.17, 15) is 9.59 Å². The van der Waals surface area contributed by atoms with Crippen molar-refractivity contribution in [1.29, 1.82) is 0 Å². The Kier molecular flexibility index (Phi) is 3.53. The van der Waals surface area contributed by atoms with Gasteiger partial charge >= 0.3 is 6.03 Å². The van der Waals surface area contributed by atoms with Crippen LogP contribution in [0.4, 0.5) is 16.2 Å². The molecule has 0 saturated carbocycles. The van der Waals surface area contributed by atoms with Crippen molar-refractivity contribution >= 4 is 29.1 Å². The molecule has 2 aromatic rings. The zero-order valence-corrected chi connectivity index (χ0v) is 15.1. The summed E-state index contributed by atoms with van der Waals surface area (Å²) in [6.45, 7) is 3.25. The number of carbonyl (C=O) groups excluding carboxylic acids is 2. The molecule has 136 valence electrons. The first-order valence-electron chi connectivity index (χ1n) is 9.28. The van der Waals surface area contributed by atoms with Crippen LogP contribution in [0.1, 0.15) is 18.1 Å². The number of rotatable bonds is 2. The molecule has 3 amide bonds. The maximum atomic E-state index is 13.2. The van der Waals surface area contributed by atoms with Crippen LogP contribution in [0.25, 0.3) is 0 Å². The van der Waals surface area contributed by atoms with Gasteiger partial charge in [0.2, 0.25) is 5.91 Å². The quantitative estimate of drug-likeness (QED) is 0.827. The topological polar surface area (TPSA) is 56.2 Å². The minimum atomic E-state index is -0.168. The average molecular weight is 360 g/mol. The molecule has 0 N–H and O–H groups in total. The number of para-hydroxylation sites is 2. The SMILES string of the molecule is CC1Cc2ccccc2N1C(=O)CN1C(=O)N2CCN=C2c2ccccc21. The van der Waals surface area contributed by atoms with Crippen molar-refractivity contribution < 1.29 is 9.59 Å². The van der Waals surface area contributed by atoms with E-state index in [4.69, 9.17) is 0 Å². The normalized spacial score (nSPS) is 20.3. The largest absolute Gasteiger partial charge is 0.330 e. The fourth-order valence-electron chi connectivity index (χ4n) is 4.32. The molecule has 27 heavy (non-hydrogen) atoms. The second kappa shape index (κ2) is 5.94. The van der Waals surface area contributed by atoms with Crippen LogP contribution in [-0.2, 0) is 11.2 Å². The van der Waals surface area contributed by atoms with Crippen LogP contribution < -0.4 is 9.80 Å². The summed E-state index contributed by atoms with van der Waals surface area (Å²) >= 11 is 0. The number of amides is 3. The highest BCUT2D eigenvalue weighted by Crippen LogP contribution is 2.34. The predicted octanol–water partition coefficient (Wildman–Crippen LogP) is 2.67. The highest BCUT2D eigenvalue weighted by Gasteiger charge is 2.39. The van der Waals surface area contributed by atoms with E-state index < -0.39 is 0 Å². The lowest BCUT2D eigenvalue weighted by Crippen LogP contribution is -2.53. The van der Waals surface area contributed by atoms with Crippen molar-refractivity contribution in [2.45, 2.75) is 19.4 Å². The van der Waals surface area contributed by atoms with Crippen LogP contribution in [0.15, 0.2) is 53.5 Å². The van der Waals surface area contributed by atoms with Gasteiger partial charge in [0.1, 0.15) is 12.4 Å². The number of hydrogen-bond acceptors (Lipinski definition) is 3. The van der Waals surface area contributed by atoms with Crippen molar-refractivity contribution in [3.8, 4) is 0 Å². The first-order chi connectivity index (χ1) is 13.1. The number of anilines is 2. The number of carbonyl (C=O) groups is 2. The summed E-state index contributed by atoms with van der Waals surface area (Å²) in [5.41, 5.74) is 3.80. The van der Waals surface area contributed by atoms with Crippen molar-refractivity contribution in [2.75, 3.05) is 29.4 Å². The molecule has 3 aliphatic rings. The lowest BCUT2D eigenvalue weighted by atomic mass is 10.1. The standard InChI is InChI=1S/C21H20N4O2/c1-14-12-15-6-2-4-8-17(15)25(14)19(26)13-24-18-9-5-3-7-16(18)20-22-10-11-23(20)21(24)27/h2-9,14H,10-13H2,1H3. The third-order valence-electron chi connectivity index (χ3n) is 5.51. The monoisotopic (exact) mass is 360 g/mol. The first kappa shape index (κ1) is 16.1. The number of urea groups is 1. The molecule has 0 fully saturated rings. The van der Waals surface area contributed by atoms with Crippen molar-refractivity contribution in [3.63, 3.8) is 0 Å². The molecule has 0 aliphatic carbocycles. The van der Waals surface area contributed by atoms with Gasteiger partial charge in [-0.15, -0.1) is 0 Å². The molecule has 6 nitrogen and oxygen atoms in total. The second-order valence-corrected chi connectivity index (χ2v) is 7.19. The van der Waals surface area contributed by atoms with E-state index in [-0.39, 0.29) is 24.5 Å². The summed E-state index contributed by atoms with van der Waals surface area (Å²) in [6.07, 6.45) is 0.843. The van der Waals surface area contributed by atoms with E-state index in [0.717, 1.165) is 29.2 Å². The maximum Gasteiger partial charge on any atom is 0.330 e. The summed E-state index contributed by atoms with van der Waals surface area (Å²) in [7, 11) is 0. The molecular formula is C21H20N4O2. The Hall–Kier alpha value is -3.15. The van der Waals surface area contributed by atoms with Crippen molar-refractivity contribution in [2.24, 2.45) is 4.99 Å².